The van der Waals surface area contributed by atoms with Crippen LogP contribution in [0.2, 0.25) is 5.02 Å². The smallest absolute Gasteiger partial charge is 0.278 e. The van der Waals surface area contributed by atoms with Crippen molar-refractivity contribution in [2.45, 2.75) is 20.4 Å². The lowest BCUT2D eigenvalue weighted by Gasteiger charge is -2.17. The number of halogens is 2. The zero-order valence-corrected chi connectivity index (χ0v) is 17.8. The van der Waals surface area contributed by atoms with E-state index in [4.69, 9.17) is 11.6 Å². The normalized spacial score (nSPS) is 13.9. The van der Waals surface area contributed by atoms with Gasteiger partial charge in [0.2, 0.25) is 0 Å². The highest BCUT2D eigenvalue weighted by molar-refractivity contribution is 6.36. The molecule has 0 spiro atoms. The van der Waals surface area contributed by atoms with Gasteiger partial charge in [0.25, 0.3) is 11.8 Å². The Morgan fingerprint density at radius 3 is 2.32 bits per heavy atom. The molecule has 0 bridgehead atoms. The molecule has 6 heteroatoms. The fourth-order valence-electron chi connectivity index (χ4n) is 3.54. The van der Waals surface area contributed by atoms with Crippen LogP contribution < -0.4 is 5.32 Å². The molecule has 4 rings (SSSR count). The number of nitrogens with zero attached hydrogens (tertiary/aromatic N) is 1. The van der Waals surface area contributed by atoms with Gasteiger partial charge in [0.15, 0.2) is 0 Å². The van der Waals surface area contributed by atoms with Crippen molar-refractivity contribution in [3.63, 3.8) is 0 Å². The molecule has 4 nitrogen and oxygen atoms in total. The second kappa shape index (κ2) is 8.36. The van der Waals surface area contributed by atoms with Gasteiger partial charge < -0.3 is 5.32 Å². The highest BCUT2D eigenvalue weighted by atomic mass is 35.5. The van der Waals surface area contributed by atoms with Gasteiger partial charge in [-0.05, 0) is 60.4 Å². The van der Waals surface area contributed by atoms with Crippen LogP contribution in [0.15, 0.2) is 72.4 Å². The van der Waals surface area contributed by atoms with E-state index in [0.29, 0.717) is 16.1 Å². The Morgan fingerprint density at radius 1 is 0.903 bits per heavy atom. The fraction of sp³-hybridized carbons (Fsp3) is 0.120. The van der Waals surface area contributed by atoms with E-state index in [1.807, 2.05) is 32.0 Å². The quantitative estimate of drug-likeness (QED) is 0.540. The SMILES string of the molecule is Cc1cccc(NC2=C(c3ccc(F)cc3)C(=O)N(Cc3ccccc3Cl)C2=O)c1C. The highest BCUT2D eigenvalue weighted by Crippen LogP contribution is 2.33. The molecule has 1 aliphatic rings. The minimum absolute atomic E-state index is 0.0417. The molecule has 0 atom stereocenters. The number of carbonyl (C=O) groups is 2. The van der Waals surface area contributed by atoms with E-state index in [9.17, 15) is 14.0 Å². The fourth-order valence-corrected chi connectivity index (χ4v) is 3.73. The van der Waals surface area contributed by atoms with Gasteiger partial charge in [-0.2, -0.15) is 0 Å². The summed E-state index contributed by atoms with van der Waals surface area (Å²) in [6.07, 6.45) is 0. The van der Waals surface area contributed by atoms with E-state index in [0.717, 1.165) is 21.7 Å². The van der Waals surface area contributed by atoms with Gasteiger partial charge in [0.05, 0.1) is 12.1 Å². The highest BCUT2D eigenvalue weighted by Gasteiger charge is 2.39. The van der Waals surface area contributed by atoms with E-state index in [-0.39, 0.29) is 17.8 Å². The maximum atomic E-state index is 13.5. The molecule has 0 fully saturated rings. The van der Waals surface area contributed by atoms with Crippen LogP contribution in [-0.4, -0.2) is 16.7 Å². The van der Waals surface area contributed by atoms with Crippen LogP contribution in [0.3, 0.4) is 0 Å². The van der Waals surface area contributed by atoms with Gasteiger partial charge in [0, 0.05) is 10.7 Å². The summed E-state index contributed by atoms with van der Waals surface area (Å²) in [6.45, 7) is 3.96. The first-order valence-electron chi connectivity index (χ1n) is 9.80. The molecule has 3 aromatic carbocycles. The number of amides is 2. The summed E-state index contributed by atoms with van der Waals surface area (Å²) in [4.78, 5) is 27.9. The number of nitrogens with one attached hydrogen (secondary N) is 1. The average molecular weight is 435 g/mol. The van der Waals surface area contributed by atoms with Gasteiger partial charge in [0.1, 0.15) is 11.5 Å². The third kappa shape index (κ3) is 3.97. The van der Waals surface area contributed by atoms with Crippen molar-refractivity contribution in [1.29, 1.82) is 0 Å². The van der Waals surface area contributed by atoms with E-state index in [1.165, 1.54) is 24.3 Å². The molecule has 2 amide bonds. The zero-order valence-electron chi connectivity index (χ0n) is 17.1. The molecule has 156 valence electrons. The van der Waals surface area contributed by atoms with Crippen molar-refractivity contribution < 1.29 is 14.0 Å². The first-order valence-corrected chi connectivity index (χ1v) is 10.2. The Balaban J connectivity index is 1.78. The zero-order chi connectivity index (χ0) is 22.1. The maximum Gasteiger partial charge on any atom is 0.278 e. The summed E-state index contributed by atoms with van der Waals surface area (Å²) in [7, 11) is 0. The van der Waals surface area contributed by atoms with E-state index >= 15 is 0 Å². The molecule has 0 aromatic heterocycles. The number of benzene rings is 3. The summed E-state index contributed by atoms with van der Waals surface area (Å²) >= 11 is 6.25. The minimum Gasteiger partial charge on any atom is -0.350 e. The molecular weight excluding hydrogens is 415 g/mol. The standard InChI is InChI=1S/C25H20ClFN2O2/c1-15-6-5-9-21(16(15)2)28-23-22(17-10-12-19(27)13-11-17)24(30)29(25(23)31)14-18-7-3-4-8-20(18)26/h3-13,28H,14H2,1-2H3. The first kappa shape index (κ1) is 20.8. The summed E-state index contributed by atoms with van der Waals surface area (Å²) < 4.78 is 13.5. The van der Waals surface area contributed by atoms with Crippen molar-refractivity contribution in [3.05, 3.63) is 106 Å². The Bertz CT molecular complexity index is 1220. The Labute approximate surface area is 185 Å². The molecule has 0 unspecified atom stereocenters. The molecule has 1 heterocycles. The predicted octanol–water partition coefficient (Wildman–Crippen LogP) is 5.49. The molecular formula is C25H20ClFN2O2. The molecule has 0 aliphatic carbocycles. The van der Waals surface area contributed by atoms with Gasteiger partial charge in [-0.25, -0.2) is 4.39 Å². The molecule has 0 saturated heterocycles. The third-order valence-electron chi connectivity index (χ3n) is 5.45. The number of imide groups is 1. The maximum absolute atomic E-state index is 13.5. The number of anilines is 1. The first-order chi connectivity index (χ1) is 14.9. The lowest BCUT2D eigenvalue weighted by molar-refractivity contribution is -0.137. The summed E-state index contributed by atoms with van der Waals surface area (Å²) in [5.41, 5.74) is 4.26. The number of aryl methyl sites for hydroxylation is 1. The Kier molecular flexibility index (Phi) is 5.61. The van der Waals surface area contributed by atoms with Crippen LogP contribution in [0.1, 0.15) is 22.3 Å². The minimum atomic E-state index is -0.454. The summed E-state index contributed by atoms with van der Waals surface area (Å²) in [5, 5.41) is 3.64. The summed E-state index contributed by atoms with van der Waals surface area (Å²) in [5.74, 6) is -1.33. The lowest BCUT2D eigenvalue weighted by atomic mass is 10.0. The monoisotopic (exact) mass is 434 g/mol. The van der Waals surface area contributed by atoms with Crippen molar-refractivity contribution >= 4 is 34.7 Å². The topological polar surface area (TPSA) is 49.4 Å². The summed E-state index contributed by atoms with van der Waals surface area (Å²) in [6, 6.07) is 18.3. The number of hydrogen-bond acceptors (Lipinski definition) is 3. The molecule has 0 saturated carbocycles. The third-order valence-corrected chi connectivity index (χ3v) is 5.82. The van der Waals surface area contributed by atoms with Crippen LogP contribution in [0.4, 0.5) is 10.1 Å². The van der Waals surface area contributed by atoms with E-state index in [1.54, 1.807) is 24.3 Å². The Morgan fingerprint density at radius 2 is 1.61 bits per heavy atom. The largest absolute Gasteiger partial charge is 0.350 e. The molecule has 3 aromatic rings. The van der Waals surface area contributed by atoms with Crippen molar-refractivity contribution in [2.75, 3.05) is 5.32 Å². The van der Waals surface area contributed by atoms with Gasteiger partial charge in [-0.3, -0.25) is 14.5 Å². The van der Waals surface area contributed by atoms with Crippen LogP contribution >= 0.6 is 11.6 Å². The second-order valence-corrected chi connectivity index (χ2v) is 7.82. The number of hydrogen-bond donors (Lipinski definition) is 1. The second-order valence-electron chi connectivity index (χ2n) is 7.42. The van der Waals surface area contributed by atoms with Crippen LogP contribution in [0.25, 0.3) is 5.57 Å². The van der Waals surface area contributed by atoms with E-state index < -0.39 is 17.6 Å². The van der Waals surface area contributed by atoms with Crippen molar-refractivity contribution in [1.82, 2.24) is 4.90 Å². The molecule has 0 radical (unpaired) electrons. The van der Waals surface area contributed by atoms with Crippen LogP contribution in [0, 0.1) is 19.7 Å². The molecule has 31 heavy (non-hydrogen) atoms. The van der Waals surface area contributed by atoms with Gasteiger partial charge >= 0.3 is 0 Å². The van der Waals surface area contributed by atoms with Gasteiger partial charge in [-0.1, -0.05) is 54.1 Å². The van der Waals surface area contributed by atoms with Crippen molar-refractivity contribution in [2.24, 2.45) is 0 Å². The number of rotatable bonds is 5. The van der Waals surface area contributed by atoms with Crippen LogP contribution in [-0.2, 0) is 16.1 Å². The van der Waals surface area contributed by atoms with Gasteiger partial charge in [-0.15, -0.1) is 0 Å². The van der Waals surface area contributed by atoms with Crippen molar-refractivity contribution in [3.8, 4) is 0 Å². The number of carbonyl (C=O) groups excluding carboxylic acids is 2. The Hall–Kier alpha value is -3.44. The predicted molar refractivity (Wildman–Crippen MR) is 120 cm³/mol. The lowest BCUT2D eigenvalue weighted by Crippen LogP contribution is -2.32. The molecule has 1 aliphatic heterocycles. The average Bonchev–Trinajstić information content (AvgIpc) is 2.98. The van der Waals surface area contributed by atoms with E-state index in [2.05, 4.69) is 5.32 Å². The molecule has 1 N–H and O–H groups in total. The van der Waals surface area contributed by atoms with Crippen LogP contribution in [0.5, 0.6) is 0 Å².